The lowest BCUT2D eigenvalue weighted by Gasteiger charge is -2.13. The van der Waals surface area contributed by atoms with Gasteiger partial charge in [-0.05, 0) is 38.1 Å². The van der Waals surface area contributed by atoms with Crippen molar-refractivity contribution in [1.82, 2.24) is 10.4 Å². The van der Waals surface area contributed by atoms with E-state index in [9.17, 15) is 4.79 Å². The fourth-order valence-electron chi connectivity index (χ4n) is 1.76. The minimum Gasteiger partial charge on any atom is -0.459 e. The number of nitrogens with zero attached hydrogens (tertiary/aromatic N) is 1. The zero-order chi connectivity index (χ0) is 11.2. The van der Waals surface area contributed by atoms with Gasteiger partial charge in [0, 0.05) is 6.54 Å². The smallest absolute Gasteiger partial charge is 0.310 e. The number of hydrogen-bond donors (Lipinski definition) is 1. The Morgan fingerprint density at radius 3 is 3.00 bits per heavy atom. The van der Waals surface area contributed by atoms with Gasteiger partial charge >= 0.3 is 5.91 Å². The normalized spacial score (nSPS) is 16.5. The minimum absolute atomic E-state index is 0.265. The highest BCUT2D eigenvalue weighted by atomic mass is 16.7. The molecule has 5 heteroatoms. The molecule has 88 valence electrons. The van der Waals surface area contributed by atoms with Crippen LogP contribution in [0.4, 0.5) is 0 Å². The average Bonchev–Trinajstić information content (AvgIpc) is 2.96. The standard InChI is InChI=1S/C11H16N2O3/c14-11(10-4-3-8-15-10)12-16-9-7-13-5-1-2-6-13/h3-4,8H,1-2,5-7,9H2,(H,12,14). The molecule has 0 saturated carbocycles. The van der Waals surface area contributed by atoms with Crippen LogP contribution in [-0.2, 0) is 4.84 Å². The van der Waals surface area contributed by atoms with Gasteiger partial charge in [-0.15, -0.1) is 0 Å². The molecule has 1 aliphatic rings. The van der Waals surface area contributed by atoms with Gasteiger partial charge in [0.2, 0.25) is 0 Å². The van der Waals surface area contributed by atoms with E-state index < -0.39 is 0 Å². The topological polar surface area (TPSA) is 54.7 Å². The number of hydrogen-bond acceptors (Lipinski definition) is 4. The first kappa shape index (κ1) is 11.2. The van der Waals surface area contributed by atoms with Crippen LogP contribution in [0.25, 0.3) is 0 Å². The van der Waals surface area contributed by atoms with E-state index in [1.54, 1.807) is 12.1 Å². The fourth-order valence-corrected chi connectivity index (χ4v) is 1.76. The summed E-state index contributed by atoms with van der Waals surface area (Å²) in [7, 11) is 0. The molecule has 0 radical (unpaired) electrons. The molecule has 0 atom stereocenters. The van der Waals surface area contributed by atoms with E-state index in [2.05, 4.69) is 10.4 Å². The lowest BCUT2D eigenvalue weighted by Crippen LogP contribution is -2.29. The van der Waals surface area contributed by atoms with Gasteiger partial charge in [-0.25, -0.2) is 5.48 Å². The van der Waals surface area contributed by atoms with Crippen molar-refractivity contribution < 1.29 is 14.0 Å². The molecule has 1 amide bonds. The monoisotopic (exact) mass is 224 g/mol. The molecular weight excluding hydrogens is 208 g/mol. The molecule has 5 nitrogen and oxygen atoms in total. The molecule has 1 saturated heterocycles. The zero-order valence-electron chi connectivity index (χ0n) is 9.15. The van der Waals surface area contributed by atoms with Crippen LogP contribution in [0.5, 0.6) is 0 Å². The van der Waals surface area contributed by atoms with Crippen LogP contribution in [0.3, 0.4) is 0 Å². The Bertz CT molecular complexity index is 318. The summed E-state index contributed by atoms with van der Waals surface area (Å²) in [5, 5.41) is 0. The first-order chi connectivity index (χ1) is 7.86. The van der Waals surface area contributed by atoms with E-state index >= 15 is 0 Å². The van der Waals surface area contributed by atoms with Crippen molar-refractivity contribution in [3.05, 3.63) is 24.2 Å². The van der Waals surface area contributed by atoms with Crippen LogP contribution in [0.1, 0.15) is 23.4 Å². The van der Waals surface area contributed by atoms with Crippen molar-refractivity contribution in [2.45, 2.75) is 12.8 Å². The molecule has 1 N–H and O–H groups in total. The Labute approximate surface area is 94.3 Å². The molecule has 1 fully saturated rings. The Morgan fingerprint density at radius 2 is 2.31 bits per heavy atom. The summed E-state index contributed by atoms with van der Waals surface area (Å²) >= 11 is 0. The fraction of sp³-hybridized carbons (Fsp3) is 0.545. The summed E-state index contributed by atoms with van der Waals surface area (Å²) in [6.45, 7) is 3.63. The van der Waals surface area contributed by atoms with Crippen LogP contribution >= 0.6 is 0 Å². The van der Waals surface area contributed by atoms with Crippen LogP contribution < -0.4 is 5.48 Å². The number of hydroxylamine groups is 1. The maximum absolute atomic E-state index is 11.4. The second-order valence-electron chi connectivity index (χ2n) is 3.81. The Balaban J connectivity index is 1.59. The van der Waals surface area contributed by atoms with E-state index in [0.29, 0.717) is 6.61 Å². The van der Waals surface area contributed by atoms with Crippen LogP contribution in [0.2, 0.25) is 0 Å². The third-order valence-corrected chi connectivity index (χ3v) is 2.62. The molecule has 1 aliphatic heterocycles. The summed E-state index contributed by atoms with van der Waals surface area (Å²) in [6, 6.07) is 3.26. The second-order valence-corrected chi connectivity index (χ2v) is 3.81. The number of rotatable bonds is 5. The summed E-state index contributed by atoms with van der Waals surface area (Å²) in [5.74, 6) is -0.0763. The molecule has 2 heterocycles. The van der Waals surface area contributed by atoms with Crippen molar-refractivity contribution in [2.24, 2.45) is 0 Å². The van der Waals surface area contributed by atoms with Crippen molar-refractivity contribution in [2.75, 3.05) is 26.2 Å². The third-order valence-electron chi connectivity index (χ3n) is 2.62. The SMILES string of the molecule is O=C(NOCCN1CCCC1)c1ccco1. The number of amides is 1. The lowest BCUT2D eigenvalue weighted by atomic mass is 10.4. The molecule has 0 unspecified atom stereocenters. The van der Waals surface area contributed by atoms with E-state index in [-0.39, 0.29) is 11.7 Å². The summed E-state index contributed by atoms with van der Waals surface area (Å²) in [5.41, 5.74) is 2.35. The van der Waals surface area contributed by atoms with E-state index in [4.69, 9.17) is 9.25 Å². The van der Waals surface area contributed by atoms with E-state index in [1.807, 2.05) is 0 Å². The molecule has 0 spiro atoms. The predicted molar refractivity (Wildman–Crippen MR) is 57.8 cm³/mol. The van der Waals surface area contributed by atoms with Crippen LogP contribution in [-0.4, -0.2) is 37.0 Å². The molecular formula is C11H16N2O3. The van der Waals surface area contributed by atoms with Gasteiger partial charge in [0.05, 0.1) is 12.9 Å². The number of nitrogens with one attached hydrogen (secondary N) is 1. The quantitative estimate of drug-likeness (QED) is 0.599. The zero-order valence-corrected chi connectivity index (χ0v) is 9.15. The van der Waals surface area contributed by atoms with Crippen molar-refractivity contribution >= 4 is 5.91 Å². The Kier molecular flexibility index (Phi) is 3.96. The molecule has 2 rings (SSSR count). The van der Waals surface area contributed by atoms with Gasteiger partial charge in [-0.3, -0.25) is 9.63 Å². The first-order valence-electron chi connectivity index (χ1n) is 5.54. The van der Waals surface area contributed by atoms with Crippen molar-refractivity contribution in [3.8, 4) is 0 Å². The largest absolute Gasteiger partial charge is 0.459 e. The molecule has 0 aromatic carbocycles. The third kappa shape index (κ3) is 3.08. The highest BCUT2D eigenvalue weighted by Crippen LogP contribution is 2.05. The number of carbonyl (C=O) groups excluding carboxylic acids is 1. The molecule has 1 aromatic rings. The highest BCUT2D eigenvalue weighted by Gasteiger charge is 2.11. The van der Waals surface area contributed by atoms with Gasteiger partial charge in [-0.2, -0.15) is 0 Å². The predicted octanol–water partition coefficient (Wildman–Crippen LogP) is 1.04. The van der Waals surface area contributed by atoms with Crippen molar-refractivity contribution in [1.29, 1.82) is 0 Å². The maximum Gasteiger partial charge on any atom is 0.310 e. The van der Waals surface area contributed by atoms with Gasteiger partial charge in [0.15, 0.2) is 5.76 Å². The summed E-state index contributed by atoms with van der Waals surface area (Å²) in [4.78, 5) is 18.8. The van der Waals surface area contributed by atoms with Gasteiger partial charge < -0.3 is 9.32 Å². The average molecular weight is 224 g/mol. The molecule has 0 bridgehead atoms. The van der Waals surface area contributed by atoms with Crippen LogP contribution in [0.15, 0.2) is 22.8 Å². The van der Waals surface area contributed by atoms with Gasteiger partial charge in [-0.1, -0.05) is 0 Å². The number of likely N-dealkylation sites (tertiary alicyclic amines) is 1. The maximum atomic E-state index is 11.4. The van der Waals surface area contributed by atoms with Crippen LogP contribution in [0, 0.1) is 0 Å². The second kappa shape index (κ2) is 5.67. The summed E-state index contributed by atoms with van der Waals surface area (Å²) < 4.78 is 4.92. The molecule has 16 heavy (non-hydrogen) atoms. The first-order valence-corrected chi connectivity index (χ1v) is 5.54. The molecule has 1 aromatic heterocycles. The van der Waals surface area contributed by atoms with Gasteiger partial charge in [0.25, 0.3) is 0 Å². The Morgan fingerprint density at radius 1 is 1.50 bits per heavy atom. The lowest BCUT2D eigenvalue weighted by molar-refractivity contribution is 0.0223. The van der Waals surface area contributed by atoms with Gasteiger partial charge in [0.1, 0.15) is 0 Å². The minimum atomic E-state index is -0.341. The Hall–Kier alpha value is -1.33. The summed E-state index contributed by atoms with van der Waals surface area (Å²) in [6.07, 6.45) is 3.98. The highest BCUT2D eigenvalue weighted by molar-refractivity contribution is 5.90. The van der Waals surface area contributed by atoms with E-state index in [1.165, 1.54) is 19.1 Å². The number of furan rings is 1. The molecule has 0 aliphatic carbocycles. The van der Waals surface area contributed by atoms with E-state index in [0.717, 1.165) is 19.6 Å². The van der Waals surface area contributed by atoms with Crippen molar-refractivity contribution in [3.63, 3.8) is 0 Å². The number of carbonyl (C=O) groups is 1.